The molecule has 0 aromatic heterocycles. The number of nitrogens with one attached hydrogen (secondary N) is 1. The first-order chi connectivity index (χ1) is 13.8. The molecule has 0 spiro atoms. The molecule has 2 heterocycles. The van der Waals surface area contributed by atoms with E-state index in [1.165, 1.54) is 0 Å². The zero-order chi connectivity index (χ0) is 22.1. The van der Waals surface area contributed by atoms with Crippen molar-refractivity contribution in [1.82, 2.24) is 0 Å². The van der Waals surface area contributed by atoms with Gasteiger partial charge in [0.15, 0.2) is 0 Å². The van der Waals surface area contributed by atoms with E-state index in [2.05, 4.69) is 78.2 Å². The number of ether oxygens (including phenoxy) is 1. The van der Waals surface area contributed by atoms with Crippen molar-refractivity contribution in [1.29, 1.82) is 0 Å². The zero-order valence-electron chi connectivity index (χ0n) is 19.3. The standard InChI is InChI=1S/C25H33NO3Si/c1-15-14-25(5,6)26-17-13-12-16-21-18(28-23(27)22(16)20(15)17)10-9-11-19(21)29-30(7,8)24(2,3)4/h9-14,23,26-27H,1-8H3. The number of fused-ring (bicyclic) bond motifs is 5. The predicted octanol–water partition coefficient (Wildman–Crippen LogP) is 6.73. The summed E-state index contributed by atoms with van der Waals surface area (Å²) in [7, 11) is -2.05. The van der Waals surface area contributed by atoms with Crippen LogP contribution in [0.5, 0.6) is 11.5 Å². The lowest BCUT2D eigenvalue weighted by atomic mass is 9.83. The van der Waals surface area contributed by atoms with Crippen LogP contribution < -0.4 is 14.5 Å². The fraction of sp³-hybridized carbons (Fsp3) is 0.440. The average molecular weight is 424 g/mol. The third kappa shape index (κ3) is 3.34. The van der Waals surface area contributed by atoms with Gasteiger partial charge < -0.3 is 19.6 Å². The number of anilines is 1. The van der Waals surface area contributed by atoms with Crippen LogP contribution in [0.25, 0.3) is 16.7 Å². The first-order valence-corrected chi connectivity index (χ1v) is 13.5. The molecule has 5 heteroatoms. The minimum Gasteiger partial charge on any atom is -0.543 e. The lowest BCUT2D eigenvalue weighted by Gasteiger charge is -2.39. The van der Waals surface area contributed by atoms with Gasteiger partial charge in [0, 0.05) is 16.8 Å². The topological polar surface area (TPSA) is 50.7 Å². The summed E-state index contributed by atoms with van der Waals surface area (Å²) in [5.74, 6) is 1.50. The molecule has 160 valence electrons. The summed E-state index contributed by atoms with van der Waals surface area (Å²) in [6.45, 7) is 17.6. The van der Waals surface area contributed by atoms with Gasteiger partial charge >= 0.3 is 0 Å². The number of rotatable bonds is 2. The van der Waals surface area contributed by atoms with E-state index in [0.717, 1.165) is 39.3 Å². The Kier molecular flexibility index (Phi) is 4.64. The van der Waals surface area contributed by atoms with Crippen molar-refractivity contribution >= 4 is 19.6 Å². The summed E-state index contributed by atoms with van der Waals surface area (Å²) in [4.78, 5) is 0. The van der Waals surface area contributed by atoms with Crippen molar-refractivity contribution in [2.24, 2.45) is 0 Å². The molecule has 0 bridgehead atoms. The molecule has 0 saturated carbocycles. The molecule has 30 heavy (non-hydrogen) atoms. The number of aliphatic hydroxyl groups excluding tert-OH is 1. The van der Waals surface area contributed by atoms with Gasteiger partial charge in [-0.2, -0.15) is 0 Å². The van der Waals surface area contributed by atoms with Crippen LogP contribution in [0.4, 0.5) is 5.69 Å². The van der Waals surface area contributed by atoms with Crippen molar-refractivity contribution in [2.75, 3.05) is 5.32 Å². The Morgan fingerprint density at radius 2 is 1.80 bits per heavy atom. The molecule has 1 atom stereocenters. The quantitative estimate of drug-likeness (QED) is 0.526. The zero-order valence-corrected chi connectivity index (χ0v) is 20.3. The molecule has 2 N–H and O–H groups in total. The molecule has 1 unspecified atom stereocenters. The van der Waals surface area contributed by atoms with E-state index in [9.17, 15) is 5.11 Å². The third-order valence-electron chi connectivity index (χ3n) is 6.59. The number of hydrogen-bond donors (Lipinski definition) is 2. The van der Waals surface area contributed by atoms with Crippen LogP contribution in [0.15, 0.2) is 36.4 Å². The van der Waals surface area contributed by atoms with Gasteiger partial charge in [-0.3, -0.25) is 0 Å². The molecule has 2 aromatic rings. The van der Waals surface area contributed by atoms with Crippen molar-refractivity contribution < 1.29 is 14.3 Å². The molecular formula is C25H33NO3Si. The number of benzene rings is 2. The first-order valence-electron chi connectivity index (χ1n) is 10.6. The minimum atomic E-state index is -2.05. The molecule has 4 nitrogen and oxygen atoms in total. The Morgan fingerprint density at radius 1 is 1.10 bits per heavy atom. The van der Waals surface area contributed by atoms with Gasteiger partial charge in [0.1, 0.15) is 11.5 Å². The second-order valence-corrected chi connectivity index (χ2v) is 15.3. The average Bonchev–Trinajstić information content (AvgIpc) is 2.59. The van der Waals surface area contributed by atoms with Gasteiger partial charge in [-0.1, -0.05) is 39.0 Å². The fourth-order valence-electron chi connectivity index (χ4n) is 4.19. The second-order valence-electron chi connectivity index (χ2n) is 10.6. The first kappa shape index (κ1) is 21.0. The van der Waals surface area contributed by atoms with Crippen LogP contribution in [-0.4, -0.2) is 19.0 Å². The molecule has 0 saturated heterocycles. The highest BCUT2D eigenvalue weighted by atomic mass is 28.4. The Labute approximate surface area is 181 Å². The number of allylic oxidation sites excluding steroid dienone is 1. The molecule has 0 aliphatic carbocycles. The highest BCUT2D eigenvalue weighted by Gasteiger charge is 2.41. The smallest absolute Gasteiger partial charge is 0.250 e. The van der Waals surface area contributed by atoms with Crippen LogP contribution in [0.1, 0.15) is 59.0 Å². The summed E-state index contributed by atoms with van der Waals surface area (Å²) in [6.07, 6.45) is 1.19. The summed E-state index contributed by atoms with van der Waals surface area (Å²) in [5.41, 5.74) is 5.76. The van der Waals surface area contributed by atoms with Crippen LogP contribution in [-0.2, 0) is 0 Å². The molecule has 2 aliphatic heterocycles. The minimum absolute atomic E-state index is 0.0816. The Balaban J connectivity index is 1.92. The molecule has 2 aromatic carbocycles. The van der Waals surface area contributed by atoms with Crippen LogP contribution >= 0.6 is 0 Å². The maximum Gasteiger partial charge on any atom is 0.250 e. The summed E-state index contributed by atoms with van der Waals surface area (Å²) >= 11 is 0. The Hall–Kier alpha value is -2.24. The molecule has 0 radical (unpaired) electrons. The molecule has 4 rings (SSSR count). The van der Waals surface area contributed by atoms with Crippen molar-refractivity contribution in [3.05, 3.63) is 47.5 Å². The maximum absolute atomic E-state index is 11.0. The number of aliphatic hydroxyl groups is 1. The number of hydrogen-bond acceptors (Lipinski definition) is 4. The van der Waals surface area contributed by atoms with Gasteiger partial charge in [0.05, 0.1) is 11.1 Å². The van der Waals surface area contributed by atoms with Crippen molar-refractivity contribution in [3.8, 4) is 22.6 Å². The highest BCUT2D eigenvalue weighted by molar-refractivity contribution is 6.74. The predicted molar refractivity (Wildman–Crippen MR) is 127 cm³/mol. The summed E-state index contributed by atoms with van der Waals surface area (Å²) < 4.78 is 12.7. The molecule has 2 aliphatic rings. The molecular weight excluding hydrogens is 390 g/mol. The van der Waals surface area contributed by atoms with E-state index in [4.69, 9.17) is 9.16 Å². The van der Waals surface area contributed by atoms with E-state index < -0.39 is 14.6 Å². The van der Waals surface area contributed by atoms with E-state index >= 15 is 0 Å². The van der Waals surface area contributed by atoms with Gasteiger partial charge in [-0.15, -0.1) is 0 Å². The molecule has 0 amide bonds. The highest BCUT2D eigenvalue weighted by Crippen LogP contribution is 2.52. The SMILES string of the molecule is CC1=CC(C)(C)Nc2ccc3c(c21)C(O)Oc1cccc(O[Si](C)(C)C(C)(C)C)c1-3. The lowest BCUT2D eigenvalue weighted by Crippen LogP contribution is -2.44. The van der Waals surface area contributed by atoms with Crippen molar-refractivity contribution in [2.45, 2.75) is 71.5 Å². The normalized spacial score (nSPS) is 19.5. The van der Waals surface area contributed by atoms with Gasteiger partial charge in [-0.05, 0) is 68.2 Å². The van der Waals surface area contributed by atoms with E-state index in [-0.39, 0.29) is 10.6 Å². The second kappa shape index (κ2) is 6.63. The Morgan fingerprint density at radius 3 is 2.47 bits per heavy atom. The van der Waals surface area contributed by atoms with Gasteiger partial charge in [0.25, 0.3) is 8.32 Å². The largest absolute Gasteiger partial charge is 0.543 e. The van der Waals surface area contributed by atoms with Crippen LogP contribution in [0, 0.1) is 0 Å². The van der Waals surface area contributed by atoms with Crippen LogP contribution in [0.2, 0.25) is 18.1 Å². The monoisotopic (exact) mass is 423 g/mol. The van der Waals surface area contributed by atoms with Gasteiger partial charge in [-0.25, -0.2) is 0 Å². The van der Waals surface area contributed by atoms with E-state index in [1.807, 2.05) is 18.2 Å². The Bertz CT molecular complexity index is 1050. The maximum atomic E-state index is 11.0. The van der Waals surface area contributed by atoms with Crippen molar-refractivity contribution in [3.63, 3.8) is 0 Å². The van der Waals surface area contributed by atoms with E-state index in [0.29, 0.717) is 5.75 Å². The van der Waals surface area contributed by atoms with Crippen LogP contribution in [0.3, 0.4) is 0 Å². The molecule has 0 fully saturated rings. The third-order valence-corrected chi connectivity index (χ3v) is 10.9. The summed E-state index contributed by atoms with van der Waals surface area (Å²) in [5, 5.41) is 14.6. The van der Waals surface area contributed by atoms with Gasteiger partial charge in [0.2, 0.25) is 6.29 Å². The van der Waals surface area contributed by atoms with E-state index in [1.54, 1.807) is 0 Å². The summed E-state index contributed by atoms with van der Waals surface area (Å²) in [6, 6.07) is 10.1. The lowest BCUT2D eigenvalue weighted by molar-refractivity contribution is -0.0215. The fourth-order valence-corrected chi connectivity index (χ4v) is 5.21.